The van der Waals surface area contributed by atoms with Crippen molar-refractivity contribution in [1.82, 2.24) is 10.3 Å². The Balaban J connectivity index is 1.39. The summed E-state index contributed by atoms with van der Waals surface area (Å²) in [6.07, 6.45) is 2.01. The van der Waals surface area contributed by atoms with Gasteiger partial charge in [-0.3, -0.25) is 4.79 Å². The van der Waals surface area contributed by atoms with Gasteiger partial charge in [-0.2, -0.15) is 0 Å². The molecule has 1 aromatic heterocycles. The van der Waals surface area contributed by atoms with Crippen LogP contribution < -0.4 is 21.7 Å². The smallest absolute Gasteiger partial charge is 0.319 e. The van der Waals surface area contributed by atoms with Crippen LogP contribution in [0, 0.1) is 6.92 Å². The van der Waals surface area contributed by atoms with Crippen molar-refractivity contribution in [2.45, 2.75) is 32.2 Å². The molecule has 0 aliphatic heterocycles. The molecule has 180 valence electrons. The summed E-state index contributed by atoms with van der Waals surface area (Å²) in [4.78, 5) is 29.0. The van der Waals surface area contributed by atoms with Crippen LogP contribution in [-0.2, 0) is 4.79 Å². The van der Waals surface area contributed by atoms with E-state index in [9.17, 15) is 9.59 Å². The molecule has 0 unspecified atom stereocenters. The van der Waals surface area contributed by atoms with Gasteiger partial charge in [-0.1, -0.05) is 42.5 Å². The van der Waals surface area contributed by atoms with E-state index in [1.807, 2.05) is 85.8 Å². The number of benzene rings is 3. The zero-order valence-electron chi connectivity index (χ0n) is 19.8. The minimum Gasteiger partial charge on any atom is -0.359 e. The first kappa shape index (κ1) is 24.0. The Hall–Kier alpha value is -4.10. The van der Waals surface area contributed by atoms with Gasteiger partial charge in [-0.25, -0.2) is 4.79 Å². The maximum atomic E-state index is 13.0. The molecule has 0 saturated heterocycles. The van der Waals surface area contributed by atoms with E-state index in [4.69, 9.17) is 5.73 Å². The lowest BCUT2D eigenvalue weighted by Gasteiger charge is -2.19. The molecule has 7 nitrogen and oxygen atoms in total. The average Bonchev–Trinajstić information content (AvgIpc) is 3.24. The highest BCUT2D eigenvalue weighted by atomic mass is 16.2. The van der Waals surface area contributed by atoms with Gasteiger partial charge in [0, 0.05) is 28.0 Å². The van der Waals surface area contributed by atoms with E-state index in [1.54, 1.807) is 0 Å². The molecule has 7 heteroatoms. The van der Waals surface area contributed by atoms with E-state index < -0.39 is 12.1 Å². The SMILES string of the molecule is Cc1cc2cc(NC(=O)[C@H](CCCCN)NC(=O)Nc3ccc(-c4ccccc4)cc3)ccc2[nH]1. The predicted octanol–water partition coefficient (Wildman–Crippen LogP) is 5.40. The van der Waals surface area contributed by atoms with Gasteiger partial charge in [0.15, 0.2) is 0 Å². The van der Waals surface area contributed by atoms with Crippen LogP contribution in [0.4, 0.5) is 16.2 Å². The van der Waals surface area contributed by atoms with Crippen LogP contribution in [-0.4, -0.2) is 29.5 Å². The first-order valence-corrected chi connectivity index (χ1v) is 11.8. The third-order valence-electron chi connectivity index (χ3n) is 5.84. The number of rotatable bonds is 9. The Morgan fingerprint density at radius 3 is 2.31 bits per heavy atom. The van der Waals surface area contributed by atoms with Crippen LogP contribution >= 0.6 is 0 Å². The molecule has 0 fully saturated rings. The lowest BCUT2D eigenvalue weighted by molar-refractivity contribution is -0.118. The molecule has 4 rings (SSSR count). The first-order valence-electron chi connectivity index (χ1n) is 11.8. The molecule has 0 spiro atoms. The van der Waals surface area contributed by atoms with Gasteiger partial charge < -0.3 is 26.7 Å². The number of aromatic amines is 1. The van der Waals surface area contributed by atoms with Crippen molar-refractivity contribution in [1.29, 1.82) is 0 Å². The molecule has 6 N–H and O–H groups in total. The highest BCUT2D eigenvalue weighted by Gasteiger charge is 2.21. The molecular formula is C28H31N5O2. The number of anilines is 2. The minimum atomic E-state index is -0.686. The maximum absolute atomic E-state index is 13.0. The molecular weight excluding hydrogens is 438 g/mol. The number of hydrogen-bond acceptors (Lipinski definition) is 3. The second-order valence-corrected chi connectivity index (χ2v) is 8.62. The molecule has 0 radical (unpaired) electrons. The van der Waals surface area contributed by atoms with Crippen LogP contribution in [0.2, 0.25) is 0 Å². The monoisotopic (exact) mass is 469 g/mol. The molecule has 4 aromatic rings. The number of aromatic nitrogens is 1. The van der Waals surface area contributed by atoms with Crippen molar-refractivity contribution in [2.75, 3.05) is 17.2 Å². The van der Waals surface area contributed by atoms with Gasteiger partial charge in [0.25, 0.3) is 0 Å². The Morgan fingerprint density at radius 2 is 1.57 bits per heavy atom. The van der Waals surface area contributed by atoms with Crippen LogP contribution in [0.5, 0.6) is 0 Å². The number of aryl methyl sites for hydroxylation is 1. The summed E-state index contributed by atoms with van der Waals surface area (Å²) in [5.41, 5.74) is 11.2. The van der Waals surface area contributed by atoms with Gasteiger partial charge >= 0.3 is 6.03 Å². The van der Waals surface area contributed by atoms with E-state index in [-0.39, 0.29) is 5.91 Å². The standard InChI is InChI=1S/C28H31N5O2/c1-19-17-22-18-24(14-15-25(22)30-19)31-27(34)26(9-5-6-16-29)33-28(35)32-23-12-10-21(11-13-23)20-7-3-2-4-8-20/h2-4,7-8,10-15,17-18,26,30H,5-6,9,16,29H2,1H3,(H,31,34)(H2,32,33,35)/t26-/m0/s1. The van der Waals surface area contributed by atoms with Crippen molar-refractivity contribution >= 4 is 34.2 Å². The third kappa shape index (κ3) is 6.49. The molecule has 1 heterocycles. The van der Waals surface area contributed by atoms with Gasteiger partial charge in [0.05, 0.1) is 0 Å². The number of urea groups is 1. The van der Waals surface area contributed by atoms with Crippen LogP contribution in [0.25, 0.3) is 22.0 Å². The zero-order valence-corrected chi connectivity index (χ0v) is 19.8. The molecule has 0 bridgehead atoms. The summed E-state index contributed by atoms with van der Waals surface area (Å²) in [6, 6.07) is 24.2. The maximum Gasteiger partial charge on any atom is 0.319 e. The third-order valence-corrected chi connectivity index (χ3v) is 5.84. The van der Waals surface area contributed by atoms with Crippen LogP contribution in [0.1, 0.15) is 25.0 Å². The van der Waals surface area contributed by atoms with Crippen molar-refractivity contribution < 1.29 is 9.59 Å². The Morgan fingerprint density at radius 1 is 0.857 bits per heavy atom. The van der Waals surface area contributed by atoms with E-state index in [2.05, 4.69) is 20.9 Å². The summed E-state index contributed by atoms with van der Waals surface area (Å²) in [7, 11) is 0. The molecule has 0 saturated carbocycles. The lowest BCUT2D eigenvalue weighted by Crippen LogP contribution is -2.45. The predicted molar refractivity (Wildman–Crippen MR) is 142 cm³/mol. The second-order valence-electron chi connectivity index (χ2n) is 8.62. The fourth-order valence-corrected chi connectivity index (χ4v) is 4.05. The summed E-state index contributed by atoms with van der Waals surface area (Å²) in [5, 5.41) is 9.61. The summed E-state index contributed by atoms with van der Waals surface area (Å²) < 4.78 is 0. The van der Waals surface area contributed by atoms with Gasteiger partial charge in [0.1, 0.15) is 6.04 Å². The van der Waals surface area contributed by atoms with Crippen molar-refractivity contribution in [3.63, 3.8) is 0 Å². The fraction of sp³-hybridized carbons (Fsp3) is 0.214. The van der Waals surface area contributed by atoms with Gasteiger partial charge in [-0.05, 0) is 80.3 Å². The Kier molecular flexibility index (Phi) is 7.80. The van der Waals surface area contributed by atoms with Gasteiger partial charge in [0.2, 0.25) is 5.91 Å². The van der Waals surface area contributed by atoms with Crippen LogP contribution in [0.15, 0.2) is 78.9 Å². The van der Waals surface area contributed by atoms with E-state index >= 15 is 0 Å². The molecule has 35 heavy (non-hydrogen) atoms. The average molecular weight is 470 g/mol. The number of unbranched alkanes of at least 4 members (excludes halogenated alkanes) is 1. The Labute approximate surface area is 205 Å². The van der Waals surface area contributed by atoms with Gasteiger partial charge in [-0.15, -0.1) is 0 Å². The molecule has 1 atom stereocenters. The summed E-state index contributed by atoms with van der Waals surface area (Å²) in [5.74, 6) is -0.261. The quantitative estimate of drug-likeness (QED) is 0.212. The fourth-order valence-electron chi connectivity index (χ4n) is 4.05. The van der Waals surface area contributed by atoms with Crippen molar-refractivity contribution in [3.8, 4) is 11.1 Å². The highest BCUT2D eigenvalue weighted by molar-refractivity contribution is 6.00. The second kappa shape index (κ2) is 11.4. The Bertz CT molecular complexity index is 1280. The van der Waals surface area contributed by atoms with E-state index in [1.165, 1.54) is 0 Å². The number of hydrogen-bond donors (Lipinski definition) is 5. The number of nitrogens with one attached hydrogen (secondary N) is 4. The molecule has 3 aromatic carbocycles. The summed E-state index contributed by atoms with van der Waals surface area (Å²) in [6.45, 7) is 2.53. The van der Waals surface area contributed by atoms with Crippen LogP contribution in [0.3, 0.4) is 0 Å². The number of carbonyl (C=O) groups excluding carboxylic acids is 2. The number of carbonyl (C=O) groups is 2. The van der Waals surface area contributed by atoms with E-state index in [0.717, 1.165) is 40.6 Å². The van der Waals surface area contributed by atoms with Crippen molar-refractivity contribution in [3.05, 3.63) is 84.6 Å². The topological polar surface area (TPSA) is 112 Å². The first-order chi connectivity index (χ1) is 17.0. The molecule has 3 amide bonds. The molecule has 0 aliphatic rings. The number of nitrogens with two attached hydrogens (primary N) is 1. The lowest BCUT2D eigenvalue weighted by atomic mass is 10.1. The minimum absolute atomic E-state index is 0.261. The zero-order chi connectivity index (χ0) is 24.6. The highest BCUT2D eigenvalue weighted by Crippen LogP contribution is 2.22. The molecule has 0 aliphatic carbocycles. The number of H-pyrrole nitrogens is 1. The number of fused-ring (bicyclic) bond motifs is 1. The summed E-state index contributed by atoms with van der Waals surface area (Å²) >= 11 is 0. The normalized spacial score (nSPS) is 11.7. The largest absolute Gasteiger partial charge is 0.359 e. The number of amides is 3. The van der Waals surface area contributed by atoms with E-state index in [0.29, 0.717) is 24.3 Å². The van der Waals surface area contributed by atoms with Crippen molar-refractivity contribution in [2.24, 2.45) is 5.73 Å².